The summed E-state index contributed by atoms with van der Waals surface area (Å²) in [5.74, 6) is 2.44. The van der Waals surface area contributed by atoms with Gasteiger partial charge in [0.2, 0.25) is 0 Å². The van der Waals surface area contributed by atoms with Crippen LogP contribution < -0.4 is 5.73 Å². The van der Waals surface area contributed by atoms with Crippen LogP contribution in [0.5, 0.6) is 0 Å². The number of ether oxygens (including phenoxy) is 1. The van der Waals surface area contributed by atoms with Gasteiger partial charge in [0.25, 0.3) is 0 Å². The summed E-state index contributed by atoms with van der Waals surface area (Å²) in [6, 6.07) is 0. The average molecular weight is 282 g/mol. The highest BCUT2D eigenvalue weighted by molar-refractivity contribution is 4.96. The smallest absolute Gasteiger partial charge is 0.0469 e. The van der Waals surface area contributed by atoms with E-state index in [0.29, 0.717) is 0 Å². The van der Waals surface area contributed by atoms with Crippen molar-refractivity contribution in [1.29, 1.82) is 0 Å². The highest BCUT2D eigenvalue weighted by Crippen LogP contribution is 2.39. The quantitative estimate of drug-likeness (QED) is 0.842. The van der Waals surface area contributed by atoms with Crippen LogP contribution in [0.25, 0.3) is 0 Å². The van der Waals surface area contributed by atoms with E-state index in [-0.39, 0.29) is 5.54 Å². The third-order valence-corrected chi connectivity index (χ3v) is 5.86. The van der Waals surface area contributed by atoms with E-state index in [9.17, 15) is 0 Å². The Hall–Kier alpha value is -0.120. The van der Waals surface area contributed by atoms with Crippen LogP contribution in [0.3, 0.4) is 0 Å². The van der Waals surface area contributed by atoms with E-state index >= 15 is 0 Å². The standard InChI is InChI=1S/C17H34N2O/c1-14(2)16-5-4-8-17(11-16,13-18)19(3)12-15-6-9-20-10-7-15/h14-16H,4-13,18H2,1-3H3. The topological polar surface area (TPSA) is 38.5 Å². The molecule has 2 aliphatic rings. The maximum absolute atomic E-state index is 6.24. The maximum atomic E-state index is 6.24. The molecular formula is C17H34N2O. The monoisotopic (exact) mass is 282 g/mol. The Morgan fingerprint density at radius 1 is 1.25 bits per heavy atom. The van der Waals surface area contributed by atoms with Gasteiger partial charge in [0, 0.05) is 31.8 Å². The molecule has 0 bridgehead atoms. The molecule has 2 N–H and O–H groups in total. The summed E-state index contributed by atoms with van der Waals surface area (Å²) >= 11 is 0. The molecule has 0 radical (unpaired) electrons. The molecule has 0 spiro atoms. The molecule has 2 rings (SSSR count). The van der Waals surface area contributed by atoms with E-state index in [0.717, 1.165) is 37.5 Å². The fourth-order valence-electron chi connectivity index (χ4n) is 4.15. The minimum Gasteiger partial charge on any atom is -0.381 e. The first kappa shape index (κ1) is 16.3. The van der Waals surface area contributed by atoms with Crippen LogP contribution in [0.1, 0.15) is 52.4 Å². The number of rotatable bonds is 5. The lowest BCUT2D eigenvalue weighted by Crippen LogP contribution is -2.56. The van der Waals surface area contributed by atoms with Crippen LogP contribution in [0.15, 0.2) is 0 Å². The lowest BCUT2D eigenvalue weighted by Gasteiger charge is -2.49. The second-order valence-electron chi connectivity index (χ2n) is 7.47. The zero-order valence-corrected chi connectivity index (χ0v) is 13.7. The Kier molecular flexibility index (Phi) is 5.88. The molecule has 20 heavy (non-hydrogen) atoms. The van der Waals surface area contributed by atoms with Crippen molar-refractivity contribution < 1.29 is 4.74 Å². The van der Waals surface area contributed by atoms with Crippen LogP contribution in [0, 0.1) is 17.8 Å². The van der Waals surface area contributed by atoms with Crippen LogP contribution in [-0.4, -0.2) is 43.8 Å². The van der Waals surface area contributed by atoms with Crippen molar-refractivity contribution in [2.24, 2.45) is 23.5 Å². The predicted octanol–water partition coefficient (Wildman–Crippen LogP) is 2.89. The van der Waals surface area contributed by atoms with Gasteiger partial charge in [-0.15, -0.1) is 0 Å². The summed E-state index contributed by atoms with van der Waals surface area (Å²) in [4.78, 5) is 2.61. The molecule has 0 aromatic heterocycles. The van der Waals surface area contributed by atoms with Crippen molar-refractivity contribution >= 4 is 0 Å². The largest absolute Gasteiger partial charge is 0.381 e. The van der Waals surface area contributed by atoms with Crippen LogP contribution in [0.2, 0.25) is 0 Å². The molecular weight excluding hydrogens is 248 g/mol. The summed E-state index contributed by atoms with van der Waals surface area (Å²) in [7, 11) is 2.31. The second-order valence-corrected chi connectivity index (χ2v) is 7.47. The first-order valence-corrected chi connectivity index (χ1v) is 8.56. The Balaban J connectivity index is 1.97. The minimum absolute atomic E-state index is 0.255. The van der Waals surface area contributed by atoms with Crippen LogP contribution >= 0.6 is 0 Å². The van der Waals surface area contributed by atoms with Crippen molar-refractivity contribution in [3.8, 4) is 0 Å². The third-order valence-electron chi connectivity index (χ3n) is 5.86. The number of hydrogen-bond donors (Lipinski definition) is 1. The molecule has 3 nitrogen and oxygen atoms in total. The fraction of sp³-hybridized carbons (Fsp3) is 1.00. The first-order chi connectivity index (χ1) is 9.57. The van der Waals surface area contributed by atoms with E-state index < -0.39 is 0 Å². The maximum Gasteiger partial charge on any atom is 0.0469 e. The lowest BCUT2D eigenvalue weighted by atomic mass is 9.70. The van der Waals surface area contributed by atoms with Gasteiger partial charge in [0.1, 0.15) is 0 Å². The Bertz CT molecular complexity index is 289. The van der Waals surface area contributed by atoms with Gasteiger partial charge in [-0.05, 0) is 50.5 Å². The molecule has 1 aliphatic carbocycles. The Morgan fingerprint density at radius 2 is 1.95 bits per heavy atom. The molecule has 0 aromatic carbocycles. The Labute approximate surface area is 125 Å². The summed E-state index contributed by atoms with van der Waals surface area (Å²) < 4.78 is 5.48. The van der Waals surface area contributed by atoms with Gasteiger partial charge in [-0.1, -0.05) is 26.7 Å². The van der Waals surface area contributed by atoms with Gasteiger partial charge in [0.15, 0.2) is 0 Å². The lowest BCUT2D eigenvalue weighted by molar-refractivity contribution is 0.00754. The molecule has 1 saturated carbocycles. The summed E-state index contributed by atoms with van der Waals surface area (Å²) in [6.45, 7) is 8.65. The molecule has 1 saturated heterocycles. The van der Waals surface area contributed by atoms with Crippen molar-refractivity contribution in [2.75, 3.05) is 33.4 Å². The van der Waals surface area contributed by atoms with Crippen molar-refractivity contribution in [3.63, 3.8) is 0 Å². The molecule has 2 atom stereocenters. The third kappa shape index (κ3) is 3.75. The van der Waals surface area contributed by atoms with Crippen molar-refractivity contribution in [3.05, 3.63) is 0 Å². The predicted molar refractivity (Wildman–Crippen MR) is 84.8 cm³/mol. The molecule has 0 amide bonds. The summed E-state index contributed by atoms with van der Waals surface area (Å²) in [5, 5.41) is 0. The van der Waals surface area contributed by atoms with E-state index in [1.807, 2.05) is 0 Å². The second kappa shape index (κ2) is 7.24. The van der Waals surface area contributed by atoms with Gasteiger partial charge >= 0.3 is 0 Å². The zero-order chi connectivity index (χ0) is 14.6. The number of hydrogen-bond acceptors (Lipinski definition) is 3. The van der Waals surface area contributed by atoms with E-state index in [1.54, 1.807) is 0 Å². The summed E-state index contributed by atoms with van der Waals surface area (Å²) in [5.41, 5.74) is 6.50. The average Bonchev–Trinajstić information content (AvgIpc) is 2.48. The highest BCUT2D eigenvalue weighted by atomic mass is 16.5. The van der Waals surface area contributed by atoms with E-state index in [2.05, 4.69) is 25.8 Å². The van der Waals surface area contributed by atoms with E-state index in [4.69, 9.17) is 10.5 Å². The SMILES string of the molecule is CC(C)C1CCCC(CN)(N(C)CC2CCOCC2)C1. The number of likely N-dealkylation sites (N-methyl/N-ethyl adjacent to an activating group) is 1. The Morgan fingerprint density at radius 3 is 2.55 bits per heavy atom. The van der Waals surface area contributed by atoms with Gasteiger partial charge in [-0.25, -0.2) is 0 Å². The minimum atomic E-state index is 0.255. The van der Waals surface area contributed by atoms with Gasteiger partial charge in [-0.3, -0.25) is 4.90 Å². The van der Waals surface area contributed by atoms with E-state index in [1.165, 1.54) is 45.1 Å². The molecule has 1 aliphatic heterocycles. The van der Waals surface area contributed by atoms with Crippen molar-refractivity contribution in [1.82, 2.24) is 4.90 Å². The molecule has 118 valence electrons. The van der Waals surface area contributed by atoms with Gasteiger partial charge in [0.05, 0.1) is 0 Å². The molecule has 3 heteroatoms. The highest BCUT2D eigenvalue weighted by Gasteiger charge is 2.39. The first-order valence-electron chi connectivity index (χ1n) is 8.56. The zero-order valence-electron chi connectivity index (χ0n) is 13.7. The normalized spacial score (nSPS) is 33.0. The fourth-order valence-corrected chi connectivity index (χ4v) is 4.15. The molecule has 1 heterocycles. The van der Waals surface area contributed by atoms with Crippen LogP contribution in [-0.2, 0) is 4.74 Å². The molecule has 2 unspecified atom stereocenters. The molecule has 0 aromatic rings. The van der Waals surface area contributed by atoms with Crippen molar-refractivity contribution in [2.45, 2.75) is 57.9 Å². The van der Waals surface area contributed by atoms with Crippen LogP contribution in [0.4, 0.5) is 0 Å². The molecule has 2 fully saturated rings. The number of nitrogens with two attached hydrogens (primary N) is 1. The summed E-state index contributed by atoms with van der Waals surface area (Å²) in [6.07, 6.45) is 7.76. The van der Waals surface area contributed by atoms with Gasteiger partial charge in [-0.2, -0.15) is 0 Å². The number of nitrogens with zero attached hydrogens (tertiary/aromatic N) is 1. The van der Waals surface area contributed by atoms with Gasteiger partial charge < -0.3 is 10.5 Å².